The maximum absolute atomic E-state index is 12.9. The first-order valence-electron chi connectivity index (χ1n) is 6.74. The average Bonchev–Trinajstić information content (AvgIpc) is 3.07. The lowest BCUT2D eigenvalue weighted by atomic mass is 10.2. The molecule has 0 radical (unpaired) electrons. The molecule has 3 aromatic rings. The van der Waals surface area contributed by atoms with E-state index in [4.69, 9.17) is 16.0 Å². The van der Waals surface area contributed by atoms with Crippen LogP contribution in [0.1, 0.15) is 11.5 Å². The minimum atomic E-state index is -0.512. The number of nitro groups is 1. The third kappa shape index (κ3) is 3.47. The molecule has 0 fully saturated rings. The van der Waals surface area contributed by atoms with Gasteiger partial charge in [0, 0.05) is 17.7 Å². The summed E-state index contributed by atoms with van der Waals surface area (Å²) in [6, 6.07) is 11.5. The predicted molar refractivity (Wildman–Crippen MR) is 86.5 cm³/mol. The molecule has 2 aromatic carbocycles. The third-order valence-corrected chi connectivity index (χ3v) is 3.37. The first-order valence-corrected chi connectivity index (χ1v) is 7.12. The van der Waals surface area contributed by atoms with E-state index in [0.717, 1.165) is 0 Å². The van der Waals surface area contributed by atoms with Crippen LogP contribution in [0, 0.1) is 15.9 Å². The summed E-state index contributed by atoms with van der Waals surface area (Å²) in [4.78, 5) is 10.3. The lowest BCUT2D eigenvalue weighted by Crippen LogP contribution is -1.88. The van der Waals surface area contributed by atoms with Crippen LogP contribution < -0.4 is 0 Å². The van der Waals surface area contributed by atoms with Gasteiger partial charge in [0.2, 0.25) is 5.89 Å². The lowest BCUT2D eigenvalue weighted by Gasteiger charge is -1.96. The first-order chi connectivity index (χ1) is 11.5. The largest absolute Gasteiger partial charge is 0.415 e. The Morgan fingerprint density at radius 1 is 1.21 bits per heavy atom. The Morgan fingerprint density at radius 2 is 1.96 bits per heavy atom. The number of nitrogens with zero attached hydrogens (tertiary/aromatic N) is 3. The van der Waals surface area contributed by atoms with Gasteiger partial charge in [-0.3, -0.25) is 10.1 Å². The predicted octanol–water partition coefficient (Wildman–Crippen LogP) is 4.52. The zero-order chi connectivity index (χ0) is 17.1. The molecule has 24 heavy (non-hydrogen) atoms. The maximum Gasteiger partial charge on any atom is 0.270 e. The Kier molecular flexibility index (Phi) is 4.35. The molecule has 0 aliphatic rings. The topological polar surface area (TPSA) is 82.1 Å². The van der Waals surface area contributed by atoms with Gasteiger partial charge in [0.1, 0.15) is 10.8 Å². The smallest absolute Gasteiger partial charge is 0.270 e. The molecule has 3 rings (SSSR count). The molecule has 6 nitrogen and oxygen atoms in total. The number of aromatic nitrogens is 2. The fraction of sp³-hybridized carbons (Fsp3) is 0. The second kappa shape index (κ2) is 6.59. The Balaban J connectivity index is 1.88. The van der Waals surface area contributed by atoms with E-state index in [1.807, 2.05) is 0 Å². The summed E-state index contributed by atoms with van der Waals surface area (Å²) in [5, 5.41) is 18.6. The van der Waals surface area contributed by atoms with Gasteiger partial charge in [0.25, 0.3) is 11.6 Å². The maximum atomic E-state index is 12.9. The van der Waals surface area contributed by atoms with Gasteiger partial charge in [-0.05, 0) is 29.8 Å². The second-order valence-electron chi connectivity index (χ2n) is 4.76. The standard InChI is InChI=1S/C16H9ClFN3O3/c17-14(8-10-4-6-12(18)7-5-10)16-20-19-15(24-16)11-2-1-3-13(9-11)21(22)23/h1-9H/b14-8-. The Morgan fingerprint density at radius 3 is 2.67 bits per heavy atom. The molecule has 0 N–H and O–H groups in total. The summed E-state index contributed by atoms with van der Waals surface area (Å²) < 4.78 is 18.3. The number of non-ortho nitro benzene ring substituents is 1. The van der Waals surface area contributed by atoms with Crippen LogP contribution in [0.25, 0.3) is 22.6 Å². The molecule has 0 atom stereocenters. The van der Waals surface area contributed by atoms with Gasteiger partial charge in [-0.2, -0.15) is 0 Å². The van der Waals surface area contributed by atoms with Crippen LogP contribution >= 0.6 is 11.6 Å². The molecule has 120 valence electrons. The number of halogens is 2. The summed E-state index contributed by atoms with van der Waals surface area (Å²) in [6.45, 7) is 0. The highest BCUT2D eigenvalue weighted by Gasteiger charge is 2.14. The second-order valence-corrected chi connectivity index (χ2v) is 5.17. The van der Waals surface area contributed by atoms with Gasteiger partial charge in [0.05, 0.1) is 4.92 Å². The minimum Gasteiger partial charge on any atom is -0.415 e. The monoisotopic (exact) mass is 345 g/mol. The molecule has 0 spiro atoms. The fourth-order valence-corrected chi connectivity index (χ4v) is 2.16. The molecule has 0 amide bonds. The lowest BCUT2D eigenvalue weighted by molar-refractivity contribution is -0.384. The molecule has 0 saturated carbocycles. The summed E-state index contributed by atoms with van der Waals surface area (Å²) in [5.74, 6) is -0.184. The van der Waals surface area contributed by atoms with Crippen LogP contribution in [0.3, 0.4) is 0 Å². The van der Waals surface area contributed by atoms with Gasteiger partial charge < -0.3 is 4.42 Å². The van der Waals surface area contributed by atoms with Crippen molar-refractivity contribution in [2.45, 2.75) is 0 Å². The summed E-state index contributed by atoms with van der Waals surface area (Å²) in [5.41, 5.74) is 0.992. The van der Waals surface area contributed by atoms with Crippen molar-refractivity contribution >= 4 is 28.4 Å². The first kappa shape index (κ1) is 15.8. The third-order valence-electron chi connectivity index (χ3n) is 3.10. The SMILES string of the molecule is O=[N+]([O-])c1cccc(-c2nnc(/C(Cl)=C/c3ccc(F)cc3)o2)c1. The highest BCUT2D eigenvalue weighted by molar-refractivity contribution is 6.50. The van der Waals surface area contributed by atoms with E-state index in [-0.39, 0.29) is 28.3 Å². The van der Waals surface area contributed by atoms with E-state index in [9.17, 15) is 14.5 Å². The Bertz CT molecular complexity index is 922. The van der Waals surface area contributed by atoms with E-state index in [1.165, 1.54) is 30.3 Å². The van der Waals surface area contributed by atoms with Crippen LogP contribution in [0.2, 0.25) is 0 Å². The van der Waals surface area contributed by atoms with Crippen molar-refractivity contribution in [1.29, 1.82) is 0 Å². The molecular weight excluding hydrogens is 337 g/mol. The van der Waals surface area contributed by atoms with Gasteiger partial charge in [-0.1, -0.05) is 29.8 Å². The normalized spacial score (nSPS) is 11.5. The molecule has 1 heterocycles. The molecule has 0 unspecified atom stereocenters. The Hall–Kier alpha value is -3.06. The molecule has 1 aromatic heterocycles. The minimum absolute atomic E-state index is 0.0579. The molecule has 0 aliphatic heterocycles. The highest BCUT2D eigenvalue weighted by atomic mass is 35.5. The Labute approximate surface area is 140 Å². The molecular formula is C16H9ClFN3O3. The van der Waals surface area contributed by atoms with Crippen molar-refractivity contribution in [2.24, 2.45) is 0 Å². The van der Waals surface area contributed by atoms with Gasteiger partial charge in [-0.25, -0.2) is 4.39 Å². The summed E-state index contributed by atoms with van der Waals surface area (Å²) in [6.07, 6.45) is 1.55. The zero-order valence-corrected chi connectivity index (χ0v) is 12.8. The van der Waals surface area contributed by atoms with Crippen LogP contribution in [-0.2, 0) is 0 Å². The number of nitro benzene ring substituents is 1. The summed E-state index contributed by atoms with van der Waals surface area (Å²) in [7, 11) is 0. The molecule has 0 saturated heterocycles. The van der Waals surface area contributed by atoms with Crippen LogP contribution in [0.4, 0.5) is 10.1 Å². The van der Waals surface area contributed by atoms with Crippen molar-refractivity contribution in [3.05, 3.63) is 75.9 Å². The molecule has 8 heteroatoms. The highest BCUT2D eigenvalue weighted by Crippen LogP contribution is 2.27. The van der Waals surface area contributed by atoms with Crippen molar-refractivity contribution in [3.63, 3.8) is 0 Å². The summed E-state index contributed by atoms with van der Waals surface area (Å²) >= 11 is 6.13. The fourth-order valence-electron chi connectivity index (χ4n) is 1.96. The van der Waals surface area contributed by atoms with E-state index < -0.39 is 4.92 Å². The van der Waals surface area contributed by atoms with Crippen LogP contribution in [0.15, 0.2) is 52.9 Å². The average molecular weight is 346 g/mol. The number of benzene rings is 2. The van der Waals surface area contributed by atoms with Crippen molar-refractivity contribution in [3.8, 4) is 11.5 Å². The van der Waals surface area contributed by atoms with Crippen molar-refractivity contribution in [2.75, 3.05) is 0 Å². The van der Waals surface area contributed by atoms with E-state index >= 15 is 0 Å². The zero-order valence-electron chi connectivity index (χ0n) is 12.0. The number of hydrogen-bond acceptors (Lipinski definition) is 5. The van der Waals surface area contributed by atoms with Crippen LogP contribution in [-0.4, -0.2) is 15.1 Å². The van der Waals surface area contributed by atoms with E-state index in [0.29, 0.717) is 11.1 Å². The van der Waals surface area contributed by atoms with Gasteiger partial charge >= 0.3 is 0 Å². The molecule has 0 bridgehead atoms. The number of rotatable bonds is 4. The van der Waals surface area contributed by atoms with Crippen molar-refractivity contribution in [1.82, 2.24) is 10.2 Å². The quantitative estimate of drug-likeness (QED) is 0.513. The van der Waals surface area contributed by atoms with Crippen LogP contribution in [0.5, 0.6) is 0 Å². The van der Waals surface area contributed by atoms with Crippen molar-refractivity contribution < 1.29 is 13.7 Å². The molecule has 0 aliphatic carbocycles. The van der Waals surface area contributed by atoms with Gasteiger partial charge in [-0.15, -0.1) is 10.2 Å². The van der Waals surface area contributed by atoms with E-state index in [1.54, 1.807) is 24.3 Å². The van der Waals surface area contributed by atoms with E-state index in [2.05, 4.69) is 10.2 Å². The number of hydrogen-bond donors (Lipinski definition) is 0. The van der Waals surface area contributed by atoms with Gasteiger partial charge in [0.15, 0.2) is 0 Å².